The van der Waals surface area contributed by atoms with Crippen molar-refractivity contribution in [1.82, 2.24) is 4.90 Å². The van der Waals surface area contributed by atoms with Crippen molar-refractivity contribution in [2.24, 2.45) is 0 Å². The zero-order valence-electron chi connectivity index (χ0n) is 11.0. The summed E-state index contributed by atoms with van der Waals surface area (Å²) in [4.78, 5) is 12.8. The summed E-state index contributed by atoms with van der Waals surface area (Å²) in [5.74, 6) is -1.12. The number of hydrogen-bond acceptors (Lipinski definition) is 3. The molecule has 0 fully saturated rings. The van der Waals surface area contributed by atoms with E-state index in [-0.39, 0.29) is 29.6 Å². The molecule has 0 saturated carbocycles. The molecule has 1 aromatic rings. The predicted molar refractivity (Wildman–Crippen MR) is 67.3 cm³/mol. The average Bonchev–Trinajstić information content (AvgIpc) is 2.22. The second-order valence-corrected chi connectivity index (χ2v) is 5.20. The van der Waals surface area contributed by atoms with Crippen molar-refractivity contribution >= 4 is 29.2 Å². The van der Waals surface area contributed by atoms with Gasteiger partial charge in [-0.3, -0.25) is 4.90 Å². The molecule has 0 saturated heterocycles. The van der Waals surface area contributed by atoms with Crippen molar-refractivity contribution in [3.05, 3.63) is 33.8 Å². The van der Waals surface area contributed by atoms with Gasteiger partial charge in [0.2, 0.25) is 0 Å². The van der Waals surface area contributed by atoms with E-state index in [0.717, 1.165) is 5.56 Å². The third-order valence-corrected chi connectivity index (χ3v) is 3.70. The summed E-state index contributed by atoms with van der Waals surface area (Å²) in [7, 11) is 3.40. The standard InChI is InChI=1S/C12H15Cl2NO2.Na/c1-12(11(16)17,15(2)3)7-8-4-5-9(13)10(14)6-8;/h4-6H,7H2,1-3H3,(H,16,17);/q;+1/p-1. The van der Waals surface area contributed by atoms with Crippen LogP contribution in [0.4, 0.5) is 0 Å². The summed E-state index contributed by atoms with van der Waals surface area (Å²) in [6, 6.07) is 5.10. The SMILES string of the molecule is CN(C)C(C)(Cc1ccc(Cl)c(Cl)c1)C(=O)[O-].[Na+]. The van der Waals surface area contributed by atoms with Crippen LogP contribution in [0.3, 0.4) is 0 Å². The van der Waals surface area contributed by atoms with E-state index in [1.807, 2.05) is 0 Å². The van der Waals surface area contributed by atoms with Crippen molar-refractivity contribution in [3.8, 4) is 0 Å². The second kappa shape index (κ2) is 7.13. The van der Waals surface area contributed by atoms with Crippen LogP contribution in [0.1, 0.15) is 12.5 Å². The molecule has 0 aliphatic carbocycles. The number of aliphatic carboxylic acids is 1. The molecular weight excluding hydrogens is 284 g/mol. The molecule has 94 valence electrons. The molecule has 6 heteroatoms. The quantitative estimate of drug-likeness (QED) is 0.643. The Balaban J connectivity index is 0.00000289. The molecular formula is C12H14Cl2NNaO2. The Morgan fingerprint density at radius 1 is 1.33 bits per heavy atom. The fraction of sp³-hybridized carbons (Fsp3) is 0.417. The Bertz CT molecular complexity index is 440. The van der Waals surface area contributed by atoms with Crippen LogP contribution in [-0.2, 0) is 11.2 Å². The third-order valence-electron chi connectivity index (χ3n) is 2.96. The van der Waals surface area contributed by atoms with E-state index < -0.39 is 11.5 Å². The molecule has 0 amide bonds. The molecule has 0 spiro atoms. The van der Waals surface area contributed by atoms with Crippen LogP contribution in [0.2, 0.25) is 10.0 Å². The maximum absolute atomic E-state index is 11.2. The van der Waals surface area contributed by atoms with Crippen molar-refractivity contribution < 1.29 is 39.5 Å². The number of nitrogens with zero attached hydrogens (tertiary/aromatic N) is 1. The van der Waals surface area contributed by atoms with E-state index in [1.165, 1.54) is 0 Å². The molecule has 1 unspecified atom stereocenters. The molecule has 1 aromatic carbocycles. The minimum Gasteiger partial charge on any atom is -0.548 e. The molecule has 0 aliphatic heterocycles. The number of carboxylic acid groups (broad SMARTS) is 1. The van der Waals surface area contributed by atoms with Gasteiger partial charge in [0.1, 0.15) is 0 Å². The first kappa shape index (κ1) is 18.2. The minimum atomic E-state index is -1.12. The van der Waals surface area contributed by atoms with E-state index in [9.17, 15) is 9.90 Å². The Labute approximate surface area is 139 Å². The fourth-order valence-corrected chi connectivity index (χ4v) is 1.78. The number of likely N-dealkylation sites (N-methyl/N-ethyl adjacent to an activating group) is 1. The monoisotopic (exact) mass is 297 g/mol. The zero-order valence-corrected chi connectivity index (χ0v) is 14.5. The molecule has 1 atom stereocenters. The van der Waals surface area contributed by atoms with Gasteiger partial charge in [-0.25, -0.2) is 0 Å². The van der Waals surface area contributed by atoms with Crippen LogP contribution in [0, 0.1) is 0 Å². The first-order valence-electron chi connectivity index (χ1n) is 5.10. The molecule has 0 radical (unpaired) electrons. The average molecular weight is 298 g/mol. The van der Waals surface area contributed by atoms with Gasteiger partial charge >= 0.3 is 29.6 Å². The fourth-order valence-electron chi connectivity index (χ4n) is 1.46. The predicted octanol–water partition coefficient (Wildman–Crippen LogP) is -1.39. The summed E-state index contributed by atoms with van der Waals surface area (Å²) < 4.78 is 0. The smallest absolute Gasteiger partial charge is 0.548 e. The van der Waals surface area contributed by atoms with Crippen LogP contribution in [0.15, 0.2) is 18.2 Å². The van der Waals surface area contributed by atoms with Crippen molar-refractivity contribution in [2.75, 3.05) is 14.1 Å². The van der Waals surface area contributed by atoms with Gasteiger partial charge in [-0.15, -0.1) is 0 Å². The normalized spacial score (nSPS) is 13.9. The largest absolute Gasteiger partial charge is 1.00 e. The third kappa shape index (κ3) is 4.12. The van der Waals surface area contributed by atoms with Crippen LogP contribution < -0.4 is 34.7 Å². The zero-order chi connectivity index (χ0) is 13.2. The van der Waals surface area contributed by atoms with Crippen molar-refractivity contribution in [2.45, 2.75) is 18.9 Å². The Morgan fingerprint density at radius 2 is 1.89 bits per heavy atom. The van der Waals surface area contributed by atoms with Gasteiger partial charge in [-0.05, 0) is 45.1 Å². The minimum absolute atomic E-state index is 0. The number of hydrogen-bond donors (Lipinski definition) is 0. The number of halogens is 2. The van der Waals surface area contributed by atoms with E-state index in [2.05, 4.69) is 0 Å². The molecule has 0 aliphatic rings. The summed E-state index contributed by atoms with van der Waals surface area (Å²) in [6.07, 6.45) is 0.305. The molecule has 0 aromatic heterocycles. The number of carbonyl (C=O) groups excluding carboxylic acids is 1. The molecule has 0 bridgehead atoms. The maximum atomic E-state index is 11.2. The maximum Gasteiger partial charge on any atom is 1.00 e. The summed E-state index contributed by atoms with van der Waals surface area (Å²) in [6.45, 7) is 1.62. The van der Waals surface area contributed by atoms with Gasteiger partial charge in [0.25, 0.3) is 0 Å². The van der Waals surface area contributed by atoms with Crippen LogP contribution in [0.5, 0.6) is 0 Å². The van der Waals surface area contributed by atoms with Gasteiger partial charge in [0, 0.05) is 0 Å². The van der Waals surface area contributed by atoms with Crippen LogP contribution in [-0.4, -0.2) is 30.5 Å². The van der Waals surface area contributed by atoms with Gasteiger partial charge in [-0.1, -0.05) is 29.3 Å². The number of carboxylic acids is 1. The number of rotatable bonds is 4. The number of carbonyl (C=O) groups is 1. The Morgan fingerprint density at radius 3 is 2.28 bits per heavy atom. The van der Waals surface area contributed by atoms with E-state index in [4.69, 9.17) is 23.2 Å². The van der Waals surface area contributed by atoms with Crippen molar-refractivity contribution in [3.63, 3.8) is 0 Å². The first-order chi connectivity index (χ1) is 7.77. The van der Waals surface area contributed by atoms with Crippen LogP contribution in [0.25, 0.3) is 0 Å². The first-order valence-corrected chi connectivity index (χ1v) is 5.86. The van der Waals surface area contributed by atoms with Crippen LogP contribution >= 0.6 is 23.2 Å². The number of benzene rings is 1. The topological polar surface area (TPSA) is 43.4 Å². The van der Waals surface area contributed by atoms with Gasteiger partial charge in [-0.2, -0.15) is 0 Å². The second-order valence-electron chi connectivity index (χ2n) is 4.38. The van der Waals surface area contributed by atoms with Gasteiger partial charge in [0.15, 0.2) is 0 Å². The van der Waals surface area contributed by atoms with E-state index in [0.29, 0.717) is 16.5 Å². The molecule has 3 nitrogen and oxygen atoms in total. The Kier molecular flexibility index (Phi) is 7.22. The van der Waals surface area contributed by atoms with Gasteiger partial charge < -0.3 is 9.90 Å². The summed E-state index contributed by atoms with van der Waals surface area (Å²) >= 11 is 11.7. The molecule has 0 heterocycles. The summed E-state index contributed by atoms with van der Waals surface area (Å²) in [5, 5.41) is 12.1. The molecule has 0 N–H and O–H groups in total. The molecule has 1 rings (SSSR count). The van der Waals surface area contributed by atoms with Crippen molar-refractivity contribution in [1.29, 1.82) is 0 Å². The molecule has 18 heavy (non-hydrogen) atoms. The summed E-state index contributed by atoms with van der Waals surface area (Å²) in [5.41, 5.74) is -0.267. The van der Waals surface area contributed by atoms with E-state index >= 15 is 0 Å². The van der Waals surface area contributed by atoms with E-state index in [1.54, 1.807) is 44.1 Å². The van der Waals surface area contributed by atoms with Gasteiger partial charge in [0.05, 0.1) is 21.6 Å². The Hall–Kier alpha value is 0.230.